The van der Waals surface area contributed by atoms with E-state index in [9.17, 15) is 4.79 Å². The molecule has 0 fully saturated rings. The molecule has 0 bridgehead atoms. The number of carbonyl (C=O) groups is 1. The lowest BCUT2D eigenvalue weighted by Crippen LogP contribution is -2.14. The number of hydrogen-bond acceptors (Lipinski definition) is 4. The van der Waals surface area contributed by atoms with Crippen LogP contribution in [0.25, 0.3) is 10.9 Å². The van der Waals surface area contributed by atoms with E-state index in [1.807, 2.05) is 24.3 Å². The van der Waals surface area contributed by atoms with E-state index in [-0.39, 0.29) is 5.91 Å². The van der Waals surface area contributed by atoms with Gasteiger partial charge in [0.05, 0.1) is 17.3 Å². The Morgan fingerprint density at radius 3 is 2.71 bits per heavy atom. The summed E-state index contributed by atoms with van der Waals surface area (Å²) < 4.78 is 1.04. The highest BCUT2D eigenvalue weighted by atomic mass is 79.9. The summed E-state index contributed by atoms with van der Waals surface area (Å²) in [5, 5.41) is 3.63. The number of hydrogen-bond donors (Lipinski definition) is 1. The molecule has 1 aromatic carbocycles. The average molecular weight is 408 g/mol. The number of nitrogens with one attached hydrogen (secondary N) is 1. The monoisotopic (exact) mass is 406 g/mol. The maximum Gasteiger partial charge on any atom is 0.259 e. The Labute approximate surface area is 137 Å². The molecule has 2 heterocycles. The molecule has 7 heteroatoms. The number of rotatable bonds is 2. The Hall–Kier alpha value is -1.86. The standard InChI is InChI=1S/C14H8Br2N4O/c15-10-7-18-13(12(16)19-10)20-14(21)9-5-1-3-8-4-2-6-17-11(8)9/h1-7H,(H,18,20,21). The van der Waals surface area contributed by atoms with Gasteiger partial charge in [-0.1, -0.05) is 18.2 Å². The smallest absolute Gasteiger partial charge is 0.259 e. The van der Waals surface area contributed by atoms with Crippen molar-refractivity contribution in [2.24, 2.45) is 0 Å². The fraction of sp³-hybridized carbons (Fsp3) is 0. The number of amides is 1. The van der Waals surface area contributed by atoms with Crippen LogP contribution in [0.5, 0.6) is 0 Å². The van der Waals surface area contributed by atoms with E-state index in [4.69, 9.17) is 0 Å². The van der Waals surface area contributed by atoms with Crippen LogP contribution in [0.4, 0.5) is 5.82 Å². The molecule has 0 saturated carbocycles. The van der Waals surface area contributed by atoms with Crippen molar-refractivity contribution < 1.29 is 4.79 Å². The van der Waals surface area contributed by atoms with Gasteiger partial charge in [0.25, 0.3) is 5.91 Å². The topological polar surface area (TPSA) is 67.8 Å². The maximum atomic E-state index is 12.4. The van der Waals surface area contributed by atoms with Gasteiger partial charge >= 0.3 is 0 Å². The van der Waals surface area contributed by atoms with Gasteiger partial charge < -0.3 is 5.32 Å². The van der Waals surface area contributed by atoms with Crippen molar-refractivity contribution in [1.29, 1.82) is 0 Å². The second-order valence-corrected chi connectivity index (χ2v) is 5.73. The van der Waals surface area contributed by atoms with E-state index >= 15 is 0 Å². The zero-order valence-electron chi connectivity index (χ0n) is 10.5. The predicted molar refractivity (Wildman–Crippen MR) is 87.1 cm³/mol. The van der Waals surface area contributed by atoms with Crippen LogP contribution >= 0.6 is 31.9 Å². The highest BCUT2D eigenvalue weighted by molar-refractivity contribution is 9.11. The van der Waals surface area contributed by atoms with Crippen LogP contribution in [0.1, 0.15) is 10.4 Å². The van der Waals surface area contributed by atoms with Gasteiger partial charge in [-0.3, -0.25) is 9.78 Å². The Bertz CT molecular complexity index is 833. The normalized spacial score (nSPS) is 10.6. The summed E-state index contributed by atoms with van der Waals surface area (Å²) >= 11 is 6.48. The highest BCUT2D eigenvalue weighted by Gasteiger charge is 2.13. The minimum atomic E-state index is -0.281. The number of pyridine rings is 1. The molecule has 2 aromatic heterocycles. The summed E-state index contributed by atoms with van der Waals surface area (Å²) in [6.45, 7) is 0. The van der Waals surface area contributed by atoms with E-state index < -0.39 is 0 Å². The quantitative estimate of drug-likeness (QED) is 0.701. The van der Waals surface area contributed by atoms with Gasteiger partial charge in [-0.05, 0) is 44.0 Å². The molecule has 104 valence electrons. The minimum Gasteiger partial charge on any atom is -0.304 e. The molecule has 0 aliphatic heterocycles. The summed E-state index contributed by atoms with van der Waals surface area (Å²) in [7, 11) is 0. The first-order valence-corrected chi connectivity index (χ1v) is 7.57. The SMILES string of the molecule is O=C(Nc1ncc(Br)nc1Br)c1cccc2cccnc12. The van der Waals surface area contributed by atoms with Crippen molar-refractivity contribution in [3.63, 3.8) is 0 Å². The number of carbonyl (C=O) groups excluding carboxylic acids is 1. The van der Waals surface area contributed by atoms with Gasteiger partial charge in [-0.2, -0.15) is 0 Å². The Balaban J connectivity index is 1.97. The predicted octanol–water partition coefficient (Wildman–Crippen LogP) is 3.80. The third kappa shape index (κ3) is 2.93. The first kappa shape index (κ1) is 14.1. The van der Waals surface area contributed by atoms with Crippen molar-refractivity contribution in [2.45, 2.75) is 0 Å². The number of halogens is 2. The maximum absolute atomic E-state index is 12.4. The molecule has 21 heavy (non-hydrogen) atoms. The first-order chi connectivity index (χ1) is 10.1. The van der Waals surface area contributed by atoms with Crippen LogP contribution in [0, 0.1) is 0 Å². The van der Waals surface area contributed by atoms with Crippen molar-refractivity contribution in [2.75, 3.05) is 5.32 Å². The molecule has 0 atom stereocenters. The molecule has 0 unspecified atom stereocenters. The molecule has 1 amide bonds. The summed E-state index contributed by atoms with van der Waals surface area (Å²) in [4.78, 5) is 24.9. The molecule has 0 saturated heterocycles. The molecule has 3 aromatic rings. The number of fused-ring (bicyclic) bond motifs is 1. The lowest BCUT2D eigenvalue weighted by Gasteiger charge is -2.07. The van der Waals surface area contributed by atoms with Crippen LogP contribution in [0.15, 0.2) is 51.9 Å². The Kier molecular flexibility index (Phi) is 3.94. The number of aromatic nitrogens is 3. The molecule has 1 N–H and O–H groups in total. The van der Waals surface area contributed by atoms with E-state index in [0.29, 0.717) is 26.1 Å². The molecular weight excluding hydrogens is 400 g/mol. The summed E-state index contributed by atoms with van der Waals surface area (Å²) in [5.41, 5.74) is 1.14. The number of anilines is 1. The molecule has 0 aliphatic rings. The summed E-state index contributed by atoms with van der Waals surface area (Å²) in [6.07, 6.45) is 3.18. The van der Waals surface area contributed by atoms with Gasteiger partial charge in [0, 0.05) is 11.6 Å². The zero-order chi connectivity index (χ0) is 14.8. The molecule has 5 nitrogen and oxygen atoms in total. The van der Waals surface area contributed by atoms with Gasteiger partial charge in [0.15, 0.2) is 5.82 Å². The van der Waals surface area contributed by atoms with Crippen LogP contribution in [-0.4, -0.2) is 20.9 Å². The van der Waals surface area contributed by atoms with Crippen LogP contribution in [-0.2, 0) is 0 Å². The molecule has 0 aliphatic carbocycles. The van der Waals surface area contributed by atoms with Gasteiger partial charge in [0.1, 0.15) is 9.21 Å². The second kappa shape index (κ2) is 5.87. The van der Waals surface area contributed by atoms with Crippen molar-refractivity contribution in [3.8, 4) is 0 Å². The fourth-order valence-corrected chi connectivity index (χ4v) is 2.80. The van der Waals surface area contributed by atoms with E-state index in [2.05, 4.69) is 52.1 Å². The van der Waals surface area contributed by atoms with Crippen LogP contribution in [0.3, 0.4) is 0 Å². The fourth-order valence-electron chi connectivity index (χ4n) is 1.89. The zero-order valence-corrected chi connectivity index (χ0v) is 13.7. The third-order valence-corrected chi connectivity index (χ3v) is 3.74. The molecular formula is C14H8Br2N4O. The minimum absolute atomic E-state index is 0.281. The average Bonchev–Trinajstić information content (AvgIpc) is 2.49. The summed E-state index contributed by atoms with van der Waals surface area (Å²) in [6, 6.07) is 9.20. The van der Waals surface area contributed by atoms with E-state index in [1.165, 1.54) is 6.20 Å². The lowest BCUT2D eigenvalue weighted by molar-refractivity contribution is 0.102. The van der Waals surface area contributed by atoms with E-state index in [0.717, 1.165) is 5.39 Å². The van der Waals surface area contributed by atoms with E-state index in [1.54, 1.807) is 12.3 Å². The third-order valence-electron chi connectivity index (χ3n) is 2.81. The van der Waals surface area contributed by atoms with Crippen LogP contribution in [0.2, 0.25) is 0 Å². The van der Waals surface area contributed by atoms with Gasteiger partial charge in [-0.25, -0.2) is 9.97 Å². The number of para-hydroxylation sites is 1. The summed E-state index contributed by atoms with van der Waals surface area (Å²) in [5.74, 6) is 0.0766. The number of nitrogens with zero attached hydrogens (tertiary/aromatic N) is 3. The number of benzene rings is 1. The Morgan fingerprint density at radius 2 is 1.90 bits per heavy atom. The molecule has 0 radical (unpaired) electrons. The van der Waals surface area contributed by atoms with Crippen molar-refractivity contribution in [1.82, 2.24) is 15.0 Å². The largest absolute Gasteiger partial charge is 0.304 e. The van der Waals surface area contributed by atoms with Crippen molar-refractivity contribution in [3.05, 3.63) is 57.5 Å². The Morgan fingerprint density at radius 1 is 1.10 bits per heavy atom. The van der Waals surface area contributed by atoms with Gasteiger partial charge in [-0.15, -0.1) is 0 Å². The highest BCUT2D eigenvalue weighted by Crippen LogP contribution is 2.21. The van der Waals surface area contributed by atoms with Gasteiger partial charge in [0.2, 0.25) is 0 Å². The first-order valence-electron chi connectivity index (χ1n) is 5.98. The van der Waals surface area contributed by atoms with Crippen molar-refractivity contribution >= 4 is 54.5 Å². The molecule has 0 spiro atoms. The second-order valence-electron chi connectivity index (χ2n) is 4.17. The van der Waals surface area contributed by atoms with Crippen LogP contribution < -0.4 is 5.32 Å². The molecule has 3 rings (SSSR count). The lowest BCUT2D eigenvalue weighted by atomic mass is 10.1.